The molecule has 0 aliphatic rings. The molecule has 12 heteroatoms. The molecule has 2 rings (SSSR count). The molecule has 0 fully saturated rings. The number of benzene rings is 1. The molecule has 0 radical (unpaired) electrons. The van der Waals surface area contributed by atoms with Crippen molar-refractivity contribution < 1.29 is 17.9 Å². The SMILES string of the molecule is COc1cn(-c2c(Cl)cc(C(F)(F)F)cc2Cl)nc1C=N/C(C#N)=C(\N)C#N. The summed E-state index contributed by atoms with van der Waals surface area (Å²) in [4.78, 5) is 3.77. The minimum absolute atomic E-state index is 0.0122. The fourth-order valence-electron chi connectivity index (χ4n) is 2.02. The highest BCUT2D eigenvalue weighted by Crippen LogP contribution is 2.37. The Morgan fingerprint density at radius 1 is 1.29 bits per heavy atom. The highest BCUT2D eigenvalue weighted by molar-refractivity contribution is 6.37. The van der Waals surface area contributed by atoms with Gasteiger partial charge in [0.05, 0.1) is 35.1 Å². The van der Waals surface area contributed by atoms with E-state index in [0.29, 0.717) is 0 Å². The largest absolute Gasteiger partial charge is 0.493 e. The van der Waals surface area contributed by atoms with Crippen LogP contribution in [0.3, 0.4) is 0 Å². The first-order valence-corrected chi connectivity index (χ1v) is 7.92. The second kappa shape index (κ2) is 8.21. The third-order valence-corrected chi connectivity index (χ3v) is 3.87. The van der Waals surface area contributed by atoms with E-state index in [1.165, 1.54) is 13.3 Å². The second-order valence-electron chi connectivity index (χ2n) is 5.06. The zero-order valence-corrected chi connectivity index (χ0v) is 15.4. The predicted molar refractivity (Wildman–Crippen MR) is 95.2 cm³/mol. The van der Waals surface area contributed by atoms with Crippen molar-refractivity contribution in [3.8, 4) is 23.6 Å². The highest BCUT2D eigenvalue weighted by atomic mass is 35.5. The number of nitriles is 2. The number of methoxy groups -OCH3 is 1. The van der Waals surface area contributed by atoms with Crippen LogP contribution in [0.5, 0.6) is 5.75 Å². The Kier molecular flexibility index (Phi) is 6.19. The second-order valence-corrected chi connectivity index (χ2v) is 5.87. The quantitative estimate of drug-likeness (QED) is 0.586. The number of hydrogen-bond donors (Lipinski definition) is 1. The summed E-state index contributed by atoms with van der Waals surface area (Å²) in [5.41, 5.74) is 3.67. The Labute approximate surface area is 166 Å². The zero-order chi connectivity index (χ0) is 21.1. The molecule has 0 aliphatic carbocycles. The topological polar surface area (TPSA) is 113 Å². The minimum Gasteiger partial charge on any atom is -0.493 e. The highest BCUT2D eigenvalue weighted by Gasteiger charge is 2.32. The Bertz CT molecular complexity index is 1040. The molecule has 0 saturated heterocycles. The van der Waals surface area contributed by atoms with Crippen LogP contribution < -0.4 is 10.5 Å². The van der Waals surface area contributed by atoms with Crippen LogP contribution in [0.4, 0.5) is 13.2 Å². The third-order valence-electron chi connectivity index (χ3n) is 3.30. The summed E-state index contributed by atoms with van der Waals surface area (Å²) >= 11 is 11.9. The molecule has 2 aromatic rings. The van der Waals surface area contributed by atoms with Gasteiger partial charge in [0.1, 0.15) is 29.2 Å². The van der Waals surface area contributed by atoms with E-state index in [0.717, 1.165) is 23.0 Å². The smallest absolute Gasteiger partial charge is 0.416 e. The fraction of sp³-hybridized carbons (Fsp3) is 0.125. The number of aliphatic imine (C=N–C) groups is 1. The summed E-state index contributed by atoms with van der Waals surface area (Å²) in [5, 5.41) is 21.2. The van der Waals surface area contributed by atoms with Gasteiger partial charge in [0.15, 0.2) is 11.4 Å². The van der Waals surface area contributed by atoms with Crippen LogP contribution in [0.1, 0.15) is 11.3 Å². The van der Waals surface area contributed by atoms with Gasteiger partial charge < -0.3 is 10.5 Å². The number of aromatic nitrogens is 2. The summed E-state index contributed by atoms with van der Waals surface area (Å²) in [6.45, 7) is 0. The van der Waals surface area contributed by atoms with Gasteiger partial charge in [0.2, 0.25) is 0 Å². The van der Waals surface area contributed by atoms with Crippen LogP contribution in [-0.2, 0) is 6.18 Å². The molecule has 144 valence electrons. The first-order chi connectivity index (χ1) is 13.1. The molecular weight excluding hydrogens is 420 g/mol. The molecule has 28 heavy (non-hydrogen) atoms. The summed E-state index contributed by atoms with van der Waals surface area (Å²) in [5.74, 6) is 0.156. The van der Waals surface area contributed by atoms with E-state index in [4.69, 9.17) is 44.2 Å². The number of nitrogens with zero attached hydrogens (tertiary/aromatic N) is 5. The lowest BCUT2D eigenvalue weighted by Gasteiger charge is -2.12. The van der Waals surface area contributed by atoms with E-state index in [1.54, 1.807) is 12.1 Å². The Hall–Kier alpha value is -3.21. The number of halogens is 5. The molecule has 0 saturated carbocycles. The molecule has 7 nitrogen and oxygen atoms in total. The monoisotopic (exact) mass is 428 g/mol. The number of allylic oxidation sites excluding steroid dienone is 2. The van der Waals surface area contributed by atoms with Crippen molar-refractivity contribution >= 4 is 29.4 Å². The first kappa shape index (κ1) is 21.1. The molecule has 1 aromatic heterocycles. The van der Waals surface area contributed by atoms with Crippen molar-refractivity contribution in [2.75, 3.05) is 7.11 Å². The maximum absolute atomic E-state index is 12.9. The normalized spacial score (nSPS) is 12.4. The van der Waals surface area contributed by atoms with Crippen molar-refractivity contribution in [2.24, 2.45) is 10.7 Å². The van der Waals surface area contributed by atoms with Gasteiger partial charge in [-0.2, -0.15) is 28.8 Å². The number of nitrogens with two attached hydrogens (primary N) is 1. The lowest BCUT2D eigenvalue weighted by molar-refractivity contribution is -0.137. The average molecular weight is 429 g/mol. The number of ether oxygens (including phenoxy) is 1. The van der Waals surface area contributed by atoms with Crippen LogP contribution in [-0.4, -0.2) is 23.1 Å². The Morgan fingerprint density at radius 3 is 2.36 bits per heavy atom. The van der Waals surface area contributed by atoms with Gasteiger partial charge in [-0.05, 0) is 12.1 Å². The molecule has 0 atom stereocenters. The molecule has 1 aromatic carbocycles. The van der Waals surface area contributed by atoms with Crippen molar-refractivity contribution in [1.29, 1.82) is 10.5 Å². The fourth-order valence-corrected chi connectivity index (χ4v) is 2.68. The van der Waals surface area contributed by atoms with Gasteiger partial charge in [-0.15, -0.1) is 0 Å². The first-order valence-electron chi connectivity index (χ1n) is 7.16. The summed E-state index contributed by atoms with van der Waals surface area (Å²) < 4.78 is 44.8. The van der Waals surface area contributed by atoms with Crippen molar-refractivity contribution in [1.82, 2.24) is 9.78 Å². The minimum atomic E-state index is -4.62. The standard InChI is InChI=1S/C16H9Cl2F3N6O/c1-28-14-7-27(26-13(14)6-25-12(5-23)11(24)4-22)15-9(17)2-8(3-10(15)18)16(19,20)21/h2-3,6-7H,24H2,1H3/b12-11-,25-6?. The van der Waals surface area contributed by atoms with E-state index < -0.39 is 17.4 Å². The van der Waals surface area contributed by atoms with Gasteiger partial charge in [-0.3, -0.25) is 0 Å². The molecule has 1 heterocycles. The van der Waals surface area contributed by atoms with Crippen LogP contribution in [0.2, 0.25) is 10.0 Å². The predicted octanol–water partition coefficient (Wildman–Crippen LogP) is 3.84. The molecule has 0 spiro atoms. The van der Waals surface area contributed by atoms with Crippen LogP contribution in [0.15, 0.2) is 34.7 Å². The summed E-state index contributed by atoms with van der Waals surface area (Å²) in [6.07, 6.45) is -2.21. The number of alkyl halides is 3. The van der Waals surface area contributed by atoms with Crippen molar-refractivity contribution in [3.05, 3.63) is 51.0 Å². The molecule has 0 aliphatic heterocycles. The lowest BCUT2D eigenvalue weighted by atomic mass is 10.2. The van der Waals surface area contributed by atoms with Gasteiger partial charge in [-0.25, -0.2) is 9.67 Å². The lowest BCUT2D eigenvalue weighted by Crippen LogP contribution is -2.07. The van der Waals surface area contributed by atoms with Gasteiger partial charge in [-0.1, -0.05) is 23.2 Å². The maximum atomic E-state index is 12.9. The summed E-state index contributed by atoms with van der Waals surface area (Å²) in [7, 11) is 1.32. The van der Waals surface area contributed by atoms with E-state index in [-0.39, 0.29) is 32.9 Å². The number of hydrogen-bond acceptors (Lipinski definition) is 6. The van der Waals surface area contributed by atoms with Crippen LogP contribution >= 0.6 is 23.2 Å². The zero-order valence-electron chi connectivity index (χ0n) is 13.9. The van der Waals surface area contributed by atoms with E-state index in [1.807, 2.05) is 0 Å². The summed E-state index contributed by atoms with van der Waals surface area (Å²) in [6, 6.07) is 4.66. The van der Waals surface area contributed by atoms with Gasteiger partial charge in [0, 0.05) is 0 Å². The van der Waals surface area contributed by atoms with E-state index in [2.05, 4.69) is 10.1 Å². The molecule has 0 amide bonds. The van der Waals surface area contributed by atoms with Gasteiger partial charge >= 0.3 is 6.18 Å². The third kappa shape index (κ3) is 4.36. The Balaban J connectivity index is 2.54. The van der Waals surface area contributed by atoms with Crippen molar-refractivity contribution in [3.63, 3.8) is 0 Å². The average Bonchev–Trinajstić information content (AvgIpc) is 3.03. The van der Waals surface area contributed by atoms with E-state index >= 15 is 0 Å². The number of rotatable bonds is 4. The molecule has 2 N–H and O–H groups in total. The van der Waals surface area contributed by atoms with Crippen LogP contribution in [0, 0.1) is 22.7 Å². The van der Waals surface area contributed by atoms with Crippen LogP contribution in [0.25, 0.3) is 5.69 Å². The molecule has 0 bridgehead atoms. The molecule has 0 unspecified atom stereocenters. The molecular formula is C16H9Cl2F3N6O. The van der Waals surface area contributed by atoms with Crippen molar-refractivity contribution in [2.45, 2.75) is 6.18 Å². The maximum Gasteiger partial charge on any atom is 0.416 e. The van der Waals surface area contributed by atoms with Gasteiger partial charge in [0.25, 0.3) is 0 Å². The Morgan fingerprint density at radius 2 is 1.89 bits per heavy atom. The van der Waals surface area contributed by atoms with E-state index in [9.17, 15) is 13.2 Å².